The molecular weight excluding hydrogens is 385 g/mol. The molecule has 8 heteroatoms. The Balaban J connectivity index is 3.57. The van der Waals surface area contributed by atoms with Crippen molar-refractivity contribution in [2.45, 2.75) is 77.6 Å². The summed E-state index contributed by atoms with van der Waals surface area (Å²) in [6.07, 6.45) is -0.672. The van der Waals surface area contributed by atoms with Crippen molar-refractivity contribution in [2.24, 2.45) is 0 Å². The molecule has 2 atom stereocenters. The lowest BCUT2D eigenvalue weighted by Gasteiger charge is -2.40. The largest absolute Gasteiger partial charge is 0.497 e. The van der Waals surface area contributed by atoms with Gasteiger partial charge in [0, 0.05) is 0 Å². The van der Waals surface area contributed by atoms with E-state index >= 15 is 0 Å². The Morgan fingerprint density at radius 3 is 1.74 bits per heavy atom. The summed E-state index contributed by atoms with van der Waals surface area (Å²) in [5.74, 6) is 0.669. The van der Waals surface area contributed by atoms with Gasteiger partial charge in [0.25, 0.3) is 0 Å². The molecule has 0 bridgehead atoms. The molecule has 0 heterocycles. The summed E-state index contributed by atoms with van der Waals surface area (Å²) < 4.78 is 46.3. The number of methoxy groups -OCH3 is 1. The lowest BCUT2D eigenvalue weighted by atomic mass is 10.1. The van der Waals surface area contributed by atoms with Gasteiger partial charge in [-0.05, 0) is 73.1 Å². The van der Waals surface area contributed by atoms with E-state index in [4.69, 9.17) is 13.8 Å². The van der Waals surface area contributed by atoms with Crippen LogP contribution in [0.1, 0.15) is 61.0 Å². The molecular formula is C19H34NO5PS. The molecule has 0 aromatic heterocycles. The number of hydrogen-bond acceptors (Lipinski definition) is 5. The maximum atomic E-state index is 14.0. The van der Waals surface area contributed by atoms with Crippen molar-refractivity contribution in [2.75, 3.05) is 7.11 Å². The van der Waals surface area contributed by atoms with Crippen molar-refractivity contribution in [1.82, 2.24) is 4.72 Å². The molecule has 0 aliphatic heterocycles. The standard InChI is InChI=1S/C19H34NO5PS/c1-14(2)24-26(21,25-15(3)4)19(8,20-27(22)18(5,6)7)16-10-12-17(23-9)13-11-16/h10-15,20H,1-9H3/t19-,27?/m1/s1. The average molecular weight is 420 g/mol. The maximum Gasteiger partial charge on any atom is 0.356 e. The molecule has 0 amide bonds. The predicted molar refractivity (Wildman–Crippen MR) is 111 cm³/mol. The Kier molecular flexibility index (Phi) is 8.27. The summed E-state index contributed by atoms with van der Waals surface area (Å²) >= 11 is 0. The van der Waals surface area contributed by atoms with Crippen LogP contribution in [-0.4, -0.2) is 28.3 Å². The molecule has 1 N–H and O–H groups in total. The van der Waals surface area contributed by atoms with Gasteiger partial charge < -0.3 is 13.8 Å². The first kappa shape index (κ1) is 24.3. The zero-order valence-corrected chi connectivity index (χ0v) is 19.6. The van der Waals surface area contributed by atoms with Crippen molar-refractivity contribution in [1.29, 1.82) is 0 Å². The predicted octanol–water partition coefficient (Wildman–Crippen LogP) is 4.96. The smallest absolute Gasteiger partial charge is 0.356 e. The van der Waals surface area contributed by atoms with Crippen LogP contribution in [0, 0.1) is 0 Å². The van der Waals surface area contributed by atoms with E-state index in [0.717, 1.165) is 0 Å². The molecule has 1 aromatic carbocycles. The van der Waals surface area contributed by atoms with Gasteiger partial charge in [-0.25, -0.2) is 8.93 Å². The fraction of sp³-hybridized carbons (Fsp3) is 0.684. The molecule has 0 radical (unpaired) electrons. The Hall–Kier alpha value is -0.720. The Morgan fingerprint density at radius 2 is 1.41 bits per heavy atom. The first-order valence-corrected chi connectivity index (χ1v) is 11.8. The molecule has 27 heavy (non-hydrogen) atoms. The van der Waals surface area contributed by atoms with E-state index in [1.807, 2.05) is 20.8 Å². The highest BCUT2D eigenvalue weighted by molar-refractivity contribution is 7.84. The van der Waals surface area contributed by atoms with Gasteiger partial charge in [-0.2, -0.15) is 0 Å². The van der Waals surface area contributed by atoms with Crippen molar-refractivity contribution in [3.63, 3.8) is 0 Å². The van der Waals surface area contributed by atoms with Gasteiger partial charge in [0.15, 0.2) is 5.28 Å². The monoisotopic (exact) mass is 419 g/mol. The van der Waals surface area contributed by atoms with E-state index in [-0.39, 0.29) is 12.2 Å². The van der Waals surface area contributed by atoms with Crippen molar-refractivity contribution in [3.8, 4) is 5.75 Å². The number of nitrogens with one attached hydrogen (secondary N) is 1. The molecule has 0 aliphatic rings. The third kappa shape index (κ3) is 6.13. The van der Waals surface area contributed by atoms with Crippen LogP contribution >= 0.6 is 7.60 Å². The maximum absolute atomic E-state index is 14.0. The first-order valence-electron chi connectivity index (χ1n) is 9.06. The van der Waals surface area contributed by atoms with E-state index < -0.39 is 28.6 Å². The summed E-state index contributed by atoms with van der Waals surface area (Å²) in [7, 11) is -3.69. The lowest BCUT2D eigenvalue weighted by molar-refractivity contribution is 0.125. The van der Waals surface area contributed by atoms with Gasteiger partial charge in [0.1, 0.15) is 5.75 Å². The van der Waals surface area contributed by atoms with E-state index in [1.165, 1.54) is 0 Å². The topological polar surface area (TPSA) is 73.9 Å². The van der Waals surface area contributed by atoms with Gasteiger partial charge in [-0.15, -0.1) is 0 Å². The fourth-order valence-corrected chi connectivity index (χ4v) is 5.84. The molecule has 0 aliphatic carbocycles. The molecule has 6 nitrogen and oxygen atoms in total. The van der Waals surface area contributed by atoms with Crippen LogP contribution in [0.25, 0.3) is 0 Å². The first-order chi connectivity index (χ1) is 12.2. The number of hydrogen-bond donors (Lipinski definition) is 1. The zero-order valence-electron chi connectivity index (χ0n) is 17.9. The third-order valence-corrected chi connectivity index (χ3v) is 8.47. The summed E-state index contributed by atoms with van der Waals surface area (Å²) in [5.41, 5.74) is 0.644. The van der Waals surface area contributed by atoms with E-state index in [0.29, 0.717) is 11.3 Å². The van der Waals surface area contributed by atoms with Crippen molar-refractivity contribution < 1.29 is 22.6 Å². The molecule has 0 fully saturated rings. The summed E-state index contributed by atoms with van der Waals surface area (Å²) in [6.45, 7) is 14.4. The molecule has 1 rings (SSSR count). The molecule has 1 unspecified atom stereocenters. The van der Waals surface area contributed by atoms with Gasteiger partial charge in [0.05, 0.1) is 35.1 Å². The average Bonchev–Trinajstić information content (AvgIpc) is 2.52. The second kappa shape index (κ2) is 9.19. The third-order valence-electron chi connectivity index (χ3n) is 3.75. The quantitative estimate of drug-likeness (QED) is 0.573. The van der Waals surface area contributed by atoms with Gasteiger partial charge in [-0.3, -0.25) is 4.57 Å². The molecule has 0 saturated carbocycles. The van der Waals surface area contributed by atoms with Crippen LogP contribution < -0.4 is 9.46 Å². The van der Waals surface area contributed by atoms with Crippen LogP contribution in [0.3, 0.4) is 0 Å². The second-order valence-corrected chi connectivity index (χ2v) is 12.4. The van der Waals surface area contributed by atoms with E-state index in [9.17, 15) is 8.77 Å². The number of benzene rings is 1. The lowest BCUT2D eigenvalue weighted by Crippen LogP contribution is -2.47. The van der Waals surface area contributed by atoms with Crippen LogP contribution in [-0.2, 0) is 29.9 Å². The van der Waals surface area contributed by atoms with Crippen LogP contribution in [0.4, 0.5) is 0 Å². The highest BCUT2D eigenvalue weighted by atomic mass is 32.2. The zero-order chi connectivity index (χ0) is 21.0. The minimum atomic E-state index is -3.77. The Bertz CT molecular complexity index is 670. The molecule has 0 spiro atoms. The van der Waals surface area contributed by atoms with Crippen molar-refractivity contribution in [3.05, 3.63) is 29.8 Å². The number of rotatable bonds is 9. The summed E-state index contributed by atoms with van der Waals surface area (Å²) in [4.78, 5) is 0. The van der Waals surface area contributed by atoms with Gasteiger partial charge >= 0.3 is 7.60 Å². The summed E-state index contributed by atoms with van der Waals surface area (Å²) in [6, 6.07) is 7.10. The van der Waals surface area contributed by atoms with Gasteiger partial charge in [-0.1, -0.05) is 12.1 Å². The molecule has 156 valence electrons. The SMILES string of the molecule is COc1ccc([C@](C)(NS(=O)C(C)(C)C)P(=O)(OC(C)C)OC(C)C)cc1. The highest BCUT2D eigenvalue weighted by Crippen LogP contribution is 2.65. The van der Waals surface area contributed by atoms with Crippen LogP contribution in [0.15, 0.2) is 24.3 Å². The fourth-order valence-electron chi connectivity index (χ4n) is 2.31. The van der Waals surface area contributed by atoms with E-state index in [1.54, 1.807) is 66.0 Å². The summed E-state index contributed by atoms with van der Waals surface area (Å²) in [5, 5.41) is -1.31. The normalized spacial score (nSPS) is 16.4. The van der Waals surface area contributed by atoms with Crippen molar-refractivity contribution >= 4 is 18.6 Å². The Labute approximate surface area is 166 Å². The van der Waals surface area contributed by atoms with Crippen LogP contribution in [0.5, 0.6) is 5.75 Å². The Morgan fingerprint density at radius 1 is 0.963 bits per heavy atom. The highest BCUT2D eigenvalue weighted by Gasteiger charge is 2.52. The van der Waals surface area contributed by atoms with Gasteiger partial charge in [0.2, 0.25) is 0 Å². The molecule has 1 aromatic rings. The minimum absolute atomic E-state index is 0.336. The van der Waals surface area contributed by atoms with Crippen LogP contribution in [0.2, 0.25) is 0 Å². The number of ether oxygens (including phenoxy) is 1. The van der Waals surface area contributed by atoms with E-state index in [2.05, 4.69) is 4.72 Å². The molecule has 0 saturated heterocycles. The minimum Gasteiger partial charge on any atom is -0.497 e. The second-order valence-electron chi connectivity index (χ2n) is 8.09.